The topological polar surface area (TPSA) is 95.9 Å². The van der Waals surface area contributed by atoms with Crippen molar-refractivity contribution >= 4 is 5.97 Å². The normalized spacial score (nSPS) is 10.6. The van der Waals surface area contributed by atoms with Gasteiger partial charge in [-0.15, -0.1) is 15.3 Å². The van der Waals surface area contributed by atoms with Crippen molar-refractivity contribution in [2.75, 3.05) is 0 Å². The van der Waals surface area contributed by atoms with Gasteiger partial charge in [0.25, 0.3) is 5.89 Å². The highest BCUT2D eigenvalue weighted by Crippen LogP contribution is 2.05. The van der Waals surface area contributed by atoms with Crippen LogP contribution in [0.4, 0.5) is 0 Å². The fourth-order valence-corrected chi connectivity index (χ4v) is 1.84. The average Bonchev–Trinajstić information content (AvgIpc) is 3.15. The van der Waals surface area contributed by atoms with E-state index in [2.05, 4.69) is 20.5 Å². The van der Waals surface area contributed by atoms with E-state index in [0.29, 0.717) is 12.4 Å². The standard InChI is InChI=1S/C14H13N5O3/c1-10-15-17-13(22-10)9-21-14(20)12-8-19(18-16-12)7-11-5-3-2-4-6-11/h2-6,8H,7,9H2,1H3. The van der Waals surface area contributed by atoms with Crippen molar-refractivity contribution < 1.29 is 13.9 Å². The molecular weight excluding hydrogens is 286 g/mol. The van der Waals surface area contributed by atoms with Gasteiger partial charge < -0.3 is 9.15 Å². The Balaban J connectivity index is 1.59. The summed E-state index contributed by atoms with van der Waals surface area (Å²) in [5, 5.41) is 15.1. The number of ether oxygens (including phenoxy) is 1. The minimum atomic E-state index is -0.588. The lowest BCUT2D eigenvalue weighted by molar-refractivity contribution is 0.0429. The second-order valence-electron chi connectivity index (χ2n) is 4.58. The molecule has 0 radical (unpaired) electrons. The van der Waals surface area contributed by atoms with Crippen LogP contribution in [0.25, 0.3) is 0 Å². The molecule has 112 valence electrons. The van der Waals surface area contributed by atoms with E-state index in [1.54, 1.807) is 11.6 Å². The van der Waals surface area contributed by atoms with E-state index in [9.17, 15) is 4.79 Å². The van der Waals surface area contributed by atoms with Crippen molar-refractivity contribution in [3.63, 3.8) is 0 Å². The zero-order chi connectivity index (χ0) is 15.4. The molecular formula is C14H13N5O3. The number of carbonyl (C=O) groups is 1. The number of rotatable bonds is 5. The number of nitrogens with zero attached hydrogens (tertiary/aromatic N) is 5. The maximum atomic E-state index is 11.9. The summed E-state index contributed by atoms with van der Waals surface area (Å²) in [7, 11) is 0. The maximum absolute atomic E-state index is 11.9. The van der Waals surface area contributed by atoms with Crippen LogP contribution >= 0.6 is 0 Å². The maximum Gasteiger partial charge on any atom is 0.361 e. The van der Waals surface area contributed by atoms with E-state index in [-0.39, 0.29) is 18.2 Å². The van der Waals surface area contributed by atoms with Gasteiger partial charge in [0.05, 0.1) is 12.7 Å². The van der Waals surface area contributed by atoms with Crippen LogP contribution in [-0.4, -0.2) is 31.2 Å². The third kappa shape index (κ3) is 3.35. The fraction of sp³-hybridized carbons (Fsp3) is 0.214. The van der Waals surface area contributed by atoms with Crippen LogP contribution in [0, 0.1) is 6.92 Å². The van der Waals surface area contributed by atoms with Crippen LogP contribution in [-0.2, 0) is 17.9 Å². The summed E-state index contributed by atoms with van der Waals surface area (Å²) in [6.45, 7) is 2.10. The highest BCUT2D eigenvalue weighted by molar-refractivity contribution is 5.86. The van der Waals surface area contributed by atoms with Gasteiger partial charge in [-0.2, -0.15) is 0 Å². The highest BCUT2D eigenvalue weighted by atomic mass is 16.5. The van der Waals surface area contributed by atoms with Gasteiger partial charge >= 0.3 is 5.97 Å². The van der Waals surface area contributed by atoms with Gasteiger partial charge in [-0.05, 0) is 5.56 Å². The van der Waals surface area contributed by atoms with Crippen molar-refractivity contribution in [2.45, 2.75) is 20.1 Å². The molecule has 2 heterocycles. The zero-order valence-corrected chi connectivity index (χ0v) is 11.8. The lowest BCUT2D eigenvalue weighted by Gasteiger charge is -1.99. The Morgan fingerprint density at radius 1 is 1.23 bits per heavy atom. The van der Waals surface area contributed by atoms with Gasteiger partial charge in [-0.25, -0.2) is 9.48 Å². The molecule has 0 atom stereocenters. The number of aromatic nitrogens is 5. The van der Waals surface area contributed by atoms with Crippen LogP contribution < -0.4 is 0 Å². The molecule has 8 heteroatoms. The van der Waals surface area contributed by atoms with E-state index in [1.165, 1.54) is 6.20 Å². The Morgan fingerprint density at radius 3 is 2.77 bits per heavy atom. The Bertz CT molecular complexity index is 766. The summed E-state index contributed by atoms with van der Waals surface area (Å²) in [4.78, 5) is 11.9. The van der Waals surface area contributed by atoms with Crippen molar-refractivity contribution in [1.82, 2.24) is 25.2 Å². The first kappa shape index (κ1) is 13.9. The van der Waals surface area contributed by atoms with Crippen molar-refractivity contribution in [3.05, 3.63) is 59.6 Å². The number of carbonyl (C=O) groups excluding carboxylic acids is 1. The molecule has 0 saturated carbocycles. The van der Waals surface area contributed by atoms with Crippen LogP contribution in [0.1, 0.15) is 27.8 Å². The van der Waals surface area contributed by atoms with Crippen LogP contribution in [0.5, 0.6) is 0 Å². The summed E-state index contributed by atoms with van der Waals surface area (Å²) in [5.74, 6) is 0.0672. The molecule has 22 heavy (non-hydrogen) atoms. The second-order valence-corrected chi connectivity index (χ2v) is 4.58. The average molecular weight is 299 g/mol. The first-order valence-electron chi connectivity index (χ1n) is 6.61. The Labute approximate surface area is 125 Å². The van der Waals surface area contributed by atoms with E-state index in [1.807, 2.05) is 30.3 Å². The Hall–Kier alpha value is -3.03. The molecule has 0 aliphatic heterocycles. The molecule has 0 fully saturated rings. The lowest BCUT2D eigenvalue weighted by Crippen LogP contribution is -2.06. The molecule has 0 unspecified atom stereocenters. The second kappa shape index (κ2) is 6.17. The minimum Gasteiger partial charge on any atom is -0.451 e. The Kier molecular flexibility index (Phi) is 3.90. The number of hydrogen-bond donors (Lipinski definition) is 0. The third-order valence-corrected chi connectivity index (χ3v) is 2.83. The van der Waals surface area contributed by atoms with Crippen molar-refractivity contribution in [3.8, 4) is 0 Å². The first-order valence-corrected chi connectivity index (χ1v) is 6.61. The van der Waals surface area contributed by atoms with E-state index in [0.717, 1.165) is 5.56 Å². The van der Waals surface area contributed by atoms with Gasteiger partial charge in [-0.1, -0.05) is 35.5 Å². The molecule has 0 spiro atoms. The van der Waals surface area contributed by atoms with E-state index >= 15 is 0 Å². The predicted molar refractivity (Wildman–Crippen MR) is 73.7 cm³/mol. The molecule has 1 aromatic carbocycles. The van der Waals surface area contributed by atoms with Gasteiger partial charge in [0.1, 0.15) is 0 Å². The summed E-state index contributed by atoms with van der Waals surface area (Å²) in [6.07, 6.45) is 1.54. The number of aryl methyl sites for hydroxylation is 1. The number of hydrogen-bond acceptors (Lipinski definition) is 7. The number of benzene rings is 1. The van der Waals surface area contributed by atoms with Gasteiger partial charge in [-0.3, -0.25) is 0 Å². The summed E-state index contributed by atoms with van der Waals surface area (Å²) in [5.41, 5.74) is 1.20. The summed E-state index contributed by atoms with van der Waals surface area (Å²) < 4.78 is 11.7. The third-order valence-electron chi connectivity index (χ3n) is 2.83. The Morgan fingerprint density at radius 2 is 2.05 bits per heavy atom. The van der Waals surface area contributed by atoms with Crippen LogP contribution in [0.15, 0.2) is 40.9 Å². The number of esters is 1. The molecule has 0 amide bonds. The van der Waals surface area contributed by atoms with Crippen molar-refractivity contribution in [2.24, 2.45) is 0 Å². The van der Waals surface area contributed by atoms with Crippen LogP contribution in [0.3, 0.4) is 0 Å². The molecule has 0 bridgehead atoms. The summed E-state index contributed by atoms with van der Waals surface area (Å²) >= 11 is 0. The molecule has 0 aliphatic rings. The molecule has 2 aromatic heterocycles. The molecule has 0 saturated heterocycles. The van der Waals surface area contributed by atoms with Crippen molar-refractivity contribution in [1.29, 1.82) is 0 Å². The van der Waals surface area contributed by atoms with E-state index < -0.39 is 5.97 Å². The van der Waals surface area contributed by atoms with Gasteiger partial charge in [0, 0.05) is 6.92 Å². The summed E-state index contributed by atoms with van der Waals surface area (Å²) in [6, 6.07) is 9.75. The van der Waals surface area contributed by atoms with E-state index in [4.69, 9.17) is 9.15 Å². The quantitative estimate of drug-likeness (QED) is 0.656. The SMILES string of the molecule is Cc1nnc(COC(=O)c2cn(Cc3ccccc3)nn2)o1. The fourth-order valence-electron chi connectivity index (χ4n) is 1.84. The van der Waals surface area contributed by atoms with Crippen LogP contribution in [0.2, 0.25) is 0 Å². The zero-order valence-electron chi connectivity index (χ0n) is 11.8. The molecule has 0 aliphatic carbocycles. The largest absolute Gasteiger partial charge is 0.451 e. The molecule has 8 nitrogen and oxygen atoms in total. The minimum absolute atomic E-state index is 0.0920. The monoisotopic (exact) mass is 299 g/mol. The predicted octanol–water partition coefficient (Wildman–Crippen LogP) is 1.37. The van der Waals surface area contributed by atoms with Gasteiger partial charge in [0.15, 0.2) is 12.3 Å². The lowest BCUT2D eigenvalue weighted by atomic mass is 10.2. The first-order chi connectivity index (χ1) is 10.7. The smallest absolute Gasteiger partial charge is 0.361 e. The van der Waals surface area contributed by atoms with Gasteiger partial charge in [0.2, 0.25) is 5.89 Å². The molecule has 3 aromatic rings. The highest BCUT2D eigenvalue weighted by Gasteiger charge is 2.14. The molecule has 3 rings (SSSR count). The molecule has 0 N–H and O–H groups in total.